The lowest BCUT2D eigenvalue weighted by molar-refractivity contribution is 0.103. The molecule has 0 amide bonds. The van der Waals surface area contributed by atoms with Gasteiger partial charge in [-0.2, -0.15) is 0 Å². The monoisotopic (exact) mass is 470 g/mol. The summed E-state index contributed by atoms with van der Waals surface area (Å²) in [5, 5.41) is 8.62. The smallest absolute Gasteiger partial charge is 0.193 e. The minimum absolute atomic E-state index is 0.0204. The standard InChI is InChI=1S/C31H26N4O/c36-31(25-13-17-29(18-14-25)34-23-7-21-32(34)27-9-3-1-4-10-27)26-15-19-30(20-16-26)35-24-8-22-33(35)28-11-5-2-6-12-28/h1-22H,23-24H2. The molecule has 36 heavy (non-hydrogen) atoms. The highest BCUT2D eigenvalue weighted by Crippen LogP contribution is 2.29. The van der Waals surface area contributed by atoms with Crippen LogP contribution in [-0.4, -0.2) is 18.9 Å². The maximum atomic E-state index is 13.2. The molecule has 2 heterocycles. The number of para-hydroxylation sites is 2. The first kappa shape index (κ1) is 21.7. The summed E-state index contributed by atoms with van der Waals surface area (Å²) in [4.78, 5) is 13.2. The number of carbonyl (C=O) groups is 1. The summed E-state index contributed by atoms with van der Waals surface area (Å²) in [6.45, 7) is 1.57. The average molecular weight is 471 g/mol. The fourth-order valence-corrected chi connectivity index (χ4v) is 4.64. The van der Waals surface area contributed by atoms with Crippen molar-refractivity contribution in [3.8, 4) is 0 Å². The molecule has 5 nitrogen and oxygen atoms in total. The fraction of sp³-hybridized carbons (Fsp3) is 0.0645. The van der Waals surface area contributed by atoms with Crippen LogP contribution >= 0.6 is 0 Å². The fourth-order valence-electron chi connectivity index (χ4n) is 4.64. The van der Waals surface area contributed by atoms with Crippen LogP contribution in [0.15, 0.2) is 134 Å². The Kier molecular flexibility index (Phi) is 5.72. The van der Waals surface area contributed by atoms with Crippen molar-refractivity contribution in [3.05, 3.63) is 145 Å². The zero-order chi connectivity index (χ0) is 24.3. The summed E-state index contributed by atoms with van der Waals surface area (Å²) in [5.41, 5.74) is 5.64. The van der Waals surface area contributed by atoms with Crippen molar-refractivity contribution >= 4 is 28.5 Å². The quantitative estimate of drug-likeness (QED) is 0.303. The van der Waals surface area contributed by atoms with E-state index in [0.29, 0.717) is 11.1 Å². The molecular weight excluding hydrogens is 444 g/mol. The Labute approximate surface area is 211 Å². The normalized spacial score (nSPS) is 14.7. The second kappa shape index (κ2) is 9.47. The van der Waals surface area contributed by atoms with E-state index >= 15 is 0 Å². The molecule has 4 aromatic carbocycles. The van der Waals surface area contributed by atoms with Crippen LogP contribution < -0.4 is 20.0 Å². The van der Waals surface area contributed by atoms with Gasteiger partial charge in [-0.1, -0.05) is 36.4 Å². The number of nitrogens with zero attached hydrogens (tertiary/aromatic N) is 4. The van der Waals surface area contributed by atoms with Crippen LogP contribution in [-0.2, 0) is 0 Å². The first-order chi connectivity index (χ1) is 17.8. The van der Waals surface area contributed by atoms with Crippen LogP contribution in [0.3, 0.4) is 0 Å². The van der Waals surface area contributed by atoms with E-state index in [4.69, 9.17) is 0 Å². The number of hydrazine groups is 2. The molecule has 5 heteroatoms. The van der Waals surface area contributed by atoms with Gasteiger partial charge < -0.3 is 0 Å². The van der Waals surface area contributed by atoms with Crippen LogP contribution in [0.5, 0.6) is 0 Å². The molecule has 4 aromatic rings. The molecule has 0 bridgehead atoms. The largest absolute Gasteiger partial charge is 0.289 e. The second-order valence-electron chi connectivity index (χ2n) is 8.72. The van der Waals surface area contributed by atoms with E-state index in [0.717, 1.165) is 35.8 Å². The molecule has 0 saturated carbocycles. The van der Waals surface area contributed by atoms with Gasteiger partial charge in [-0.15, -0.1) is 0 Å². The van der Waals surface area contributed by atoms with E-state index < -0.39 is 0 Å². The molecule has 0 radical (unpaired) electrons. The van der Waals surface area contributed by atoms with Gasteiger partial charge in [-0.05, 0) is 84.9 Å². The van der Waals surface area contributed by atoms with Crippen LogP contribution in [0.25, 0.3) is 0 Å². The van der Waals surface area contributed by atoms with Gasteiger partial charge in [0.05, 0.1) is 35.8 Å². The van der Waals surface area contributed by atoms with Gasteiger partial charge in [0.15, 0.2) is 5.78 Å². The summed E-state index contributed by atoms with van der Waals surface area (Å²) in [7, 11) is 0. The number of hydrogen-bond acceptors (Lipinski definition) is 5. The Balaban J connectivity index is 1.17. The topological polar surface area (TPSA) is 30.0 Å². The molecule has 176 valence electrons. The number of rotatable bonds is 6. The Bertz CT molecular complexity index is 1290. The van der Waals surface area contributed by atoms with E-state index in [2.05, 4.69) is 68.9 Å². The number of benzene rings is 4. The highest BCUT2D eigenvalue weighted by molar-refractivity contribution is 6.09. The number of anilines is 4. The van der Waals surface area contributed by atoms with Crippen LogP contribution in [0.2, 0.25) is 0 Å². The molecule has 6 rings (SSSR count). The van der Waals surface area contributed by atoms with E-state index in [9.17, 15) is 4.79 Å². The highest BCUT2D eigenvalue weighted by atomic mass is 16.1. The van der Waals surface area contributed by atoms with E-state index in [-0.39, 0.29) is 5.78 Å². The predicted molar refractivity (Wildman–Crippen MR) is 147 cm³/mol. The third-order valence-electron chi connectivity index (χ3n) is 6.47. The van der Waals surface area contributed by atoms with Crippen molar-refractivity contribution in [1.29, 1.82) is 0 Å². The minimum Gasteiger partial charge on any atom is -0.289 e. The summed E-state index contributed by atoms with van der Waals surface area (Å²) < 4.78 is 0. The summed E-state index contributed by atoms with van der Waals surface area (Å²) in [5.74, 6) is 0.0204. The molecule has 0 aliphatic carbocycles. The summed E-state index contributed by atoms with van der Waals surface area (Å²) in [6.07, 6.45) is 8.40. The molecule has 0 N–H and O–H groups in total. The Morgan fingerprint density at radius 1 is 0.472 bits per heavy atom. The third kappa shape index (κ3) is 4.12. The van der Waals surface area contributed by atoms with E-state index in [1.807, 2.05) is 84.9 Å². The van der Waals surface area contributed by atoms with Crippen molar-refractivity contribution < 1.29 is 4.79 Å². The van der Waals surface area contributed by atoms with Gasteiger partial charge in [0.2, 0.25) is 0 Å². The maximum absolute atomic E-state index is 13.2. The van der Waals surface area contributed by atoms with Gasteiger partial charge in [0.1, 0.15) is 0 Å². The SMILES string of the molecule is O=C(c1ccc(N2CC=CN2c2ccccc2)cc1)c1ccc(N2CC=CN2c2ccccc2)cc1. The minimum atomic E-state index is 0.0204. The van der Waals surface area contributed by atoms with Crippen molar-refractivity contribution in [3.63, 3.8) is 0 Å². The lowest BCUT2D eigenvalue weighted by Gasteiger charge is -2.31. The molecule has 0 aromatic heterocycles. The van der Waals surface area contributed by atoms with Gasteiger partial charge >= 0.3 is 0 Å². The molecular formula is C31H26N4O. The lowest BCUT2D eigenvalue weighted by Crippen LogP contribution is -2.35. The molecule has 0 spiro atoms. The van der Waals surface area contributed by atoms with Crippen molar-refractivity contribution in [2.45, 2.75) is 0 Å². The van der Waals surface area contributed by atoms with Gasteiger partial charge in [0, 0.05) is 23.5 Å². The van der Waals surface area contributed by atoms with Crippen molar-refractivity contribution in [2.24, 2.45) is 0 Å². The van der Waals surface area contributed by atoms with Crippen LogP contribution in [0.1, 0.15) is 15.9 Å². The Morgan fingerprint density at radius 2 is 0.861 bits per heavy atom. The molecule has 0 unspecified atom stereocenters. The Morgan fingerprint density at radius 3 is 1.25 bits per heavy atom. The van der Waals surface area contributed by atoms with Crippen LogP contribution in [0, 0.1) is 0 Å². The first-order valence-electron chi connectivity index (χ1n) is 12.1. The maximum Gasteiger partial charge on any atom is 0.193 e. The zero-order valence-corrected chi connectivity index (χ0v) is 19.8. The lowest BCUT2D eigenvalue weighted by atomic mass is 10.0. The van der Waals surface area contributed by atoms with Crippen molar-refractivity contribution in [2.75, 3.05) is 33.1 Å². The number of ketones is 1. The molecule has 0 atom stereocenters. The summed E-state index contributed by atoms with van der Waals surface area (Å²) >= 11 is 0. The van der Waals surface area contributed by atoms with Gasteiger partial charge in [-0.3, -0.25) is 24.8 Å². The predicted octanol–water partition coefficient (Wildman–Crippen LogP) is 6.43. The van der Waals surface area contributed by atoms with Crippen molar-refractivity contribution in [1.82, 2.24) is 0 Å². The van der Waals surface area contributed by atoms with Crippen LogP contribution in [0.4, 0.5) is 22.7 Å². The zero-order valence-electron chi connectivity index (χ0n) is 19.8. The number of carbonyl (C=O) groups excluding carboxylic acids is 1. The van der Waals surface area contributed by atoms with Gasteiger partial charge in [0.25, 0.3) is 0 Å². The number of hydrogen-bond donors (Lipinski definition) is 0. The summed E-state index contributed by atoms with van der Waals surface area (Å²) in [6, 6.07) is 36.2. The molecule has 2 aliphatic rings. The molecule has 2 aliphatic heterocycles. The van der Waals surface area contributed by atoms with E-state index in [1.165, 1.54) is 0 Å². The van der Waals surface area contributed by atoms with E-state index in [1.54, 1.807) is 0 Å². The second-order valence-corrected chi connectivity index (χ2v) is 8.72. The third-order valence-corrected chi connectivity index (χ3v) is 6.47. The Hall–Kier alpha value is -4.77. The molecule has 0 saturated heterocycles. The van der Waals surface area contributed by atoms with Gasteiger partial charge in [-0.25, -0.2) is 0 Å². The molecule has 0 fully saturated rings. The first-order valence-corrected chi connectivity index (χ1v) is 12.1. The average Bonchev–Trinajstić information content (AvgIpc) is 3.64. The highest BCUT2D eigenvalue weighted by Gasteiger charge is 2.20.